The lowest BCUT2D eigenvalue weighted by Gasteiger charge is -2.13. The highest BCUT2D eigenvalue weighted by Gasteiger charge is 2.12. The lowest BCUT2D eigenvalue weighted by Crippen LogP contribution is -2.12. The van der Waals surface area contributed by atoms with Gasteiger partial charge < -0.3 is 14.8 Å². The van der Waals surface area contributed by atoms with Crippen LogP contribution in [-0.2, 0) is 6.61 Å². The van der Waals surface area contributed by atoms with E-state index in [-0.39, 0.29) is 12.5 Å². The Morgan fingerprint density at radius 2 is 1.82 bits per heavy atom. The van der Waals surface area contributed by atoms with E-state index in [2.05, 4.69) is 27.9 Å². The number of rotatable bonds is 6. The summed E-state index contributed by atoms with van der Waals surface area (Å²) in [6.07, 6.45) is 0. The largest absolute Gasteiger partial charge is 0.496 e. The Balaban J connectivity index is 1.76. The Bertz CT molecular complexity index is 990. The quantitative estimate of drug-likeness (QED) is 0.411. The average Bonchev–Trinajstić information content (AvgIpc) is 2.70. The van der Waals surface area contributed by atoms with Crippen LogP contribution in [-0.4, -0.2) is 13.0 Å². The monoisotopic (exact) mass is 507 g/mol. The summed E-state index contributed by atoms with van der Waals surface area (Å²) in [5, 5.41) is 3.59. The van der Waals surface area contributed by atoms with Gasteiger partial charge in [-0.25, -0.2) is 0 Å². The fourth-order valence-electron chi connectivity index (χ4n) is 2.64. The summed E-state index contributed by atoms with van der Waals surface area (Å²) in [5.41, 5.74) is 3.00. The van der Waals surface area contributed by atoms with Crippen LogP contribution in [0.2, 0.25) is 5.02 Å². The normalized spacial score (nSPS) is 10.4. The molecule has 144 valence electrons. The zero-order valence-electron chi connectivity index (χ0n) is 15.5. The third-order valence-corrected chi connectivity index (χ3v) is 5.31. The molecular weight excluding hydrogens is 489 g/mol. The minimum absolute atomic E-state index is 0.188. The van der Waals surface area contributed by atoms with Gasteiger partial charge in [-0.1, -0.05) is 11.6 Å². The average molecular weight is 508 g/mol. The summed E-state index contributed by atoms with van der Waals surface area (Å²) >= 11 is 8.28. The topological polar surface area (TPSA) is 47.6 Å². The second-order valence-electron chi connectivity index (χ2n) is 6.19. The molecule has 3 aromatic carbocycles. The number of amides is 1. The van der Waals surface area contributed by atoms with Gasteiger partial charge in [0.1, 0.15) is 18.1 Å². The van der Waals surface area contributed by atoms with Crippen molar-refractivity contribution in [3.63, 3.8) is 0 Å². The first-order valence-electron chi connectivity index (χ1n) is 8.59. The molecule has 0 radical (unpaired) electrons. The Labute approximate surface area is 183 Å². The summed E-state index contributed by atoms with van der Waals surface area (Å²) in [5.74, 6) is 1.18. The second-order valence-corrected chi connectivity index (χ2v) is 7.84. The molecule has 0 aliphatic rings. The maximum Gasteiger partial charge on any atom is 0.255 e. The number of anilines is 1. The summed E-state index contributed by atoms with van der Waals surface area (Å²) < 4.78 is 12.4. The van der Waals surface area contributed by atoms with Crippen molar-refractivity contribution < 1.29 is 14.3 Å². The lowest BCUT2D eigenvalue weighted by molar-refractivity contribution is 0.102. The molecule has 0 aliphatic heterocycles. The molecule has 0 heterocycles. The van der Waals surface area contributed by atoms with Gasteiger partial charge in [0.25, 0.3) is 5.91 Å². The van der Waals surface area contributed by atoms with Crippen molar-refractivity contribution >= 4 is 45.8 Å². The fraction of sp³-hybridized carbons (Fsp3) is 0.136. The van der Waals surface area contributed by atoms with Gasteiger partial charge in [-0.05, 0) is 95.7 Å². The van der Waals surface area contributed by atoms with Crippen molar-refractivity contribution in [3.8, 4) is 11.5 Å². The van der Waals surface area contributed by atoms with Crippen molar-refractivity contribution in [2.75, 3.05) is 12.4 Å². The van der Waals surface area contributed by atoms with E-state index in [0.717, 1.165) is 20.4 Å². The first kappa shape index (κ1) is 20.5. The first-order chi connectivity index (χ1) is 13.5. The van der Waals surface area contributed by atoms with Crippen molar-refractivity contribution in [1.29, 1.82) is 0 Å². The van der Waals surface area contributed by atoms with E-state index < -0.39 is 0 Å². The number of hydrogen-bond donors (Lipinski definition) is 1. The third-order valence-electron chi connectivity index (χ3n) is 4.17. The number of halogens is 2. The summed E-state index contributed by atoms with van der Waals surface area (Å²) in [7, 11) is 1.59. The van der Waals surface area contributed by atoms with Crippen LogP contribution in [0.1, 0.15) is 21.5 Å². The number of nitrogens with one attached hydrogen (secondary N) is 1. The second kappa shape index (κ2) is 9.30. The predicted octanol–water partition coefficient (Wildman–Crippen LogP) is 6.09. The Morgan fingerprint density at radius 1 is 1.07 bits per heavy atom. The molecule has 0 spiro atoms. The van der Waals surface area contributed by atoms with E-state index >= 15 is 0 Å². The van der Waals surface area contributed by atoms with Gasteiger partial charge >= 0.3 is 0 Å². The minimum atomic E-state index is -0.188. The van der Waals surface area contributed by atoms with Crippen LogP contribution in [0.4, 0.5) is 5.69 Å². The maximum atomic E-state index is 12.6. The Morgan fingerprint density at radius 3 is 2.50 bits per heavy atom. The van der Waals surface area contributed by atoms with E-state index in [9.17, 15) is 4.79 Å². The molecule has 3 aromatic rings. The highest BCUT2D eigenvalue weighted by atomic mass is 127. The maximum absolute atomic E-state index is 12.6. The van der Waals surface area contributed by atoms with Gasteiger partial charge in [0, 0.05) is 25.4 Å². The SMILES string of the molecule is COc1ccc(C(=O)Nc2ccc(I)cc2)cc1COc1ccc(Cl)c(C)c1. The van der Waals surface area contributed by atoms with Gasteiger partial charge in [0.2, 0.25) is 0 Å². The van der Waals surface area contributed by atoms with E-state index in [1.165, 1.54) is 0 Å². The molecule has 0 aliphatic carbocycles. The number of aryl methyl sites for hydroxylation is 1. The Hall–Kier alpha value is -2.25. The zero-order valence-corrected chi connectivity index (χ0v) is 18.4. The first-order valence-corrected chi connectivity index (χ1v) is 10.0. The molecule has 0 bridgehead atoms. The summed E-state index contributed by atoms with van der Waals surface area (Å²) in [6.45, 7) is 2.19. The molecule has 0 aromatic heterocycles. The summed E-state index contributed by atoms with van der Waals surface area (Å²) in [4.78, 5) is 12.6. The van der Waals surface area contributed by atoms with Crippen molar-refractivity contribution in [2.24, 2.45) is 0 Å². The molecule has 0 atom stereocenters. The molecule has 1 N–H and O–H groups in total. The van der Waals surface area contributed by atoms with E-state index in [4.69, 9.17) is 21.1 Å². The fourth-order valence-corrected chi connectivity index (χ4v) is 3.11. The van der Waals surface area contributed by atoms with Crippen LogP contribution < -0.4 is 14.8 Å². The molecule has 28 heavy (non-hydrogen) atoms. The van der Waals surface area contributed by atoms with Gasteiger partial charge in [0.15, 0.2) is 0 Å². The van der Waals surface area contributed by atoms with Crippen molar-refractivity contribution in [3.05, 3.63) is 85.9 Å². The number of benzene rings is 3. The van der Waals surface area contributed by atoms with Crippen LogP contribution >= 0.6 is 34.2 Å². The summed E-state index contributed by atoms with van der Waals surface area (Å²) in [6, 6.07) is 18.4. The van der Waals surface area contributed by atoms with Crippen LogP contribution in [0.25, 0.3) is 0 Å². The lowest BCUT2D eigenvalue weighted by atomic mass is 10.1. The molecule has 0 saturated carbocycles. The van der Waals surface area contributed by atoms with E-state index in [1.807, 2.05) is 43.3 Å². The molecule has 6 heteroatoms. The number of ether oxygens (including phenoxy) is 2. The number of methoxy groups -OCH3 is 1. The number of carbonyl (C=O) groups excluding carboxylic acids is 1. The number of carbonyl (C=O) groups is 1. The molecule has 0 fully saturated rings. The minimum Gasteiger partial charge on any atom is -0.496 e. The van der Waals surface area contributed by atoms with Crippen LogP contribution in [0, 0.1) is 10.5 Å². The molecule has 0 unspecified atom stereocenters. The van der Waals surface area contributed by atoms with Gasteiger partial charge in [0.05, 0.1) is 7.11 Å². The van der Waals surface area contributed by atoms with Crippen molar-refractivity contribution in [2.45, 2.75) is 13.5 Å². The van der Waals surface area contributed by atoms with Gasteiger partial charge in [-0.15, -0.1) is 0 Å². The van der Waals surface area contributed by atoms with Crippen LogP contribution in [0.5, 0.6) is 11.5 Å². The molecule has 0 saturated heterocycles. The van der Waals surface area contributed by atoms with Crippen LogP contribution in [0.15, 0.2) is 60.7 Å². The highest BCUT2D eigenvalue weighted by molar-refractivity contribution is 14.1. The highest BCUT2D eigenvalue weighted by Crippen LogP contribution is 2.25. The molecule has 3 rings (SSSR count). The van der Waals surface area contributed by atoms with Gasteiger partial charge in [-0.3, -0.25) is 4.79 Å². The van der Waals surface area contributed by atoms with Crippen molar-refractivity contribution in [1.82, 2.24) is 0 Å². The standard InChI is InChI=1S/C22H19ClINO3/c1-14-11-19(8-9-20(14)23)28-13-16-12-15(3-10-21(16)27-2)22(26)25-18-6-4-17(24)5-7-18/h3-12H,13H2,1-2H3,(H,25,26). The van der Waals surface area contributed by atoms with Gasteiger partial charge in [-0.2, -0.15) is 0 Å². The number of hydrogen-bond acceptors (Lipinski definition) is 3. The molecule has 4 nitrogen and oxygen atoms in total. The smallest absolute Gasteiger partial charge is 0.255 e. The molecular formula is C22H19ClINO3. The Kier molecular flexibility index (Phi) is 6.80. The third kappa shape index (κ3) is 5.17. The predicted molar refractivity (Wildman–Crippen MR) is 121 cm³/mol. The van der Waals surface area contributed by atoms with Crippen LogP contribution in [0.3, 0.4) is 0 Å². The van der Waals surface area contributed by atoms with E-state index in [0.29, 0.717) is 22.1 Å². The zero-order chi connectivity index (χ0) is 20.1. The molecule has 1 amide bonds. The van der Waals surface area contributed by atoms with E-state index in [1.54, 1.807) is 31.4 Å².